The lowest BCUT2D eigenvalue weighted by Crippen LogP contribution is -2.26. The highest BCUT2D eigenvalue weighted by molar-refractivity contribution is 5.94. The van der Waals surface area contributed by atoms with Gasteiger partial charge < -0.3 is 4.74 Å². The monoisotopic (exact) mass is 226 g/mol. The second-order valence-electron chi connectivity index (χ2n) is 4.52. The van der Waals surface area contributed by atoms with Gasteiger partial charge in [-0.3, -0.25) is 14.4 Å². The normalized spacial score (nSPS) is 21.3. The van der Waals surface area contributed by atoms with E-state index in [-0.39, 0.29) is 36.0 Å². The summed E-state index contributed by atoms with van der Waals surface area (Å²) < 4.78 is 4.99. The summed E-state index contributed by atoms with van der Waals surface area (Å²) in [7, 11) is 0. The molecule has 0 aromatic carbocycles. The Bertz CT molecular complexity index is 293. The topological polar surface area (TPSA) is 60.4 Å². The van der Waals surface area contributed by atoms with Crippen LogP contribution in [0.1, 0.15) is 39.5 Å². The Morgan fingerprint density at radius 2 is 2.06 bits per heavy atom. The van der Waals surface area contributed by atoms with Crippen LogP contribution in [0.5, 0.6) is 0 Å². The van der Waals surface area contributed by atoms with Gasteiger partial charge in [0.15, 0.2) is 0 Å². The number of Topliss-reactive ketones (excluding diaryl/α,β-unsaturated/α-hetero) is 2. The highest BCUT2D eigenvalue weighted by Crippen LogP contribution is 2.21. The Balaban J connectivity index is 2.29. The van der Waals surface area contributed by atoms with E-state index in [1.165, 1.54) is 0 Å². The molecule has 0 aromatic rings. The number of carbonyl (C=O) groups excluding carboxylic acids is 3. The molecule has 0 saturated heterocycles. The Labute approximate surface area is 95.3 Å². The van der Waals surface area contributed by atoms with E-state index in [0.717, 1.165) is 0 Å². The summed E-state index contributed by atoms with van der Waals surface area (Å²) in [5.41, 5.74) is 0. The summed E-state index contributed by atoms with van der Waals surface area (Å²) in [5.74, 6) is -0.375. The van der Waals surface area contributed by atoms with Crippen molar-refractivity contribution in [1.29, 1.82) is 0 Å². The second-order valence-corrected chi connectivity index (χ2v) is 4.52. The van der Waals surface area contributed by atoms with Crippen LogP contribution in [0.25, 0.3) is 0 Å². The van der Waals surface area contributed by atoms with Crippen molar-refractivity contribution in [2.75, 3.05) is 6.61 Å². The first kappa shape index (κ1) is 12.9. The van der Waals surface area contributed by atoms with Crippen LogP contribution in [0.2, 0.25) is 0 Å². The summed E-state index contributed by atoms with van der Waals surface area (Å²) in [4.78, 5) is 33.8. The van der Waals surface area contributed by atoms with Gasteiger partial charge in [0.2, 0.25) is 0 Å². The number of hydrogen-bond donors (Lipinski definition) is 0. The summed E-state index contributed by atoms with van der Waals surface area (Å²) in [6.45, 7) is 3.76. The van der Waals surface area contributed by atoms with Crippen LogP contribution in [0.15, 0.2) is 0 Å². The van der Waals surface area contributed by atoms with Gasteiger partial charge in [-0.2, -0.15) is 0 Å². The van der Waals surface area contributed by atoms with E-state index in [9.17, 15) is 14.4 Å². The lowest BCUT2D eigenvalue weighted by atomic mass is 9.85. The Hall–Kier alpha value is -1.19. The van der Waals surface area contributed by atoms with E-state index < -0.39 is 0 Å². The number of rotatable bonds is 4. The quantitative estimate of drug-likeness (QED) is 0.682. The van der Waals surface area contributed by atoms with Crippen LogP contribution in [0.3, 0.4) is 0 Å². The van der Waals surface area contributed by atoms with Crippen molar-refractivity contribution < 1.29 is 19.1 Å². The molecule has 16 heavy (non-hydrogen) atoms. The molecule has 0 aromatic heterocycles. The Kier molecular flexibility index (Phi) is 4.65. The number of ketones is 2. The maximum Gasteiger partial charge on any atom is 0.308 e. The standard InChI is InChI=1S/C12H18O4/c1-8(2)12(15)16-6-5-9-7-10(13)3-4-11(9)14/h8-9H,3-7H2,1-2H3. The first-order valence-corrected chi connectivity index (χ1v) is 5.71. The minimum Gasteiger partial charge on any atom is -0.465 e. The smallest absolute Gasteiger partial charge is 0.308 e. The molecular weight excluding hydrogens is 208 g/mol. The fraction of sp³-hybridized carbons (Fsp3) is 0.750. The van der Waals surface area contributed by atoms with Crippen LogP contribution < -0.4 is 0 Å². The van der Waals surface area contributed by atoms with Crippen molar-refractivity contribution in [1.82, 2.24) is 0 Å². The van der Waals surface area contributed by atoms with Crippen molar-refractivity contribution in [3.05, 3.63) is 0 Å². The van der Waals surface area contributed by atoms with Crippen molar-refractivity contribution in [2.45, 2.75) is 39.5 Å². The maximum absolute atomic E-state index is 11.5. The van der Waals surface area contributed by atoms with E-state index in [0.29, 0.717) is 25.7 Å². The molecule has 0 radical (unpaired) electrons. The average Bonchev–Trinajstić information content (AvgIpc) is 2.22. The lowest BCUT2D eigenvalue weighted by molar-refractivity contribution is -0.148. The molecule has 0 aliphatic heterocycles. The van der Waals surface area contributed by atoms with E-state index in [1.807, 2.05) is 0 Å². The molecule has 1 aliphatic rings. The molecule has 90 valence electrons. The zero-order valence-corrected chi connectivity index (χ0v) is 9.82. The SMILES string of the molecule is CC(C)C(=O)OCCC1CC(=O)CCC1=O. The minimum absolute atomic E-state index is 0.125. The zero-order valence-electron chi connectivity index (χ0n) is 9.82. The number of hydrogen-bond acceptors (Lipinski definition) is 4. The van der Waals surface area contributed by atoms with Gasteiger partial charge in [0, 0.05) is 25.2 Å². The van der Waals surface area contributed by atoms with Crippen LogP contribution in [-0.4, -0.2) is 24.1 Å². The predicted octanol–water partition coefficient (Wildman–Crippen LogP) is 1.51. The number of carbonyl (C=O) groups is 3. The van der Waals surface area contributed by atoms with Crippen molar-refractivity contribution in [3.8, 4) is 0 Å². The first-order chi connectivity index (χ1) is 7.50. The van der Waals surface area contributed by atoms with Crippen molar-refractivity contribution >= 4 is 17.5 Å². The van der Waals surface area contributed by atoms with Gasteiger partial charge in [0.05, 0.1) is 12.5 Å². The first-order valence-electron chi connectivity index (χ1n) is 5.71. The van der Waals surface area contributed by atoms with Crippen LogP contribution in [0, 0.1) is 11.8 Å². The van der Waals surface area contributed by atoms with E-state index >= 15 is 0 Å². The van der Waals surface area contributed by atoms with Gasteiger partial charge in [-0.15, -0.1) is 0 Å². The Morgan fingerprint density at radius 1 is 1.38 bits per heavy atom. The van der Waals surface area contributed by atoms with Gasteiger partial charge in [-0.25, -0.2) is 0 Å². The molecule has 1 atom stereocenters. The molecule has 1 aliphatic carbocycles. The minimum atomic E-state index is -0.255. The highest BCUT2D eigenvalue weighted by atomic mass is 16.5. The summed E-state index contributed by atoms with van der Waals surface area (Å²) in [6.07, 6.45) is 1.52. The maximum atomic E-state index is 11.5. The zero-order chi connectivity index (χ0) is 12.1. The second kappa shape index (κ2) is 5.77. The molecule has 0 spiro atoms. The Morgan fingerprint density at radius 3 is 2.69 bits per heavy atom. The molecule has 0 heterocycles. The van der Waals surface area contributed by atoms with Gasteiger partial charge in [-0.05, 0) is 6.42 Å². The predicted molar refractivity (Wildman–Crippen MR) is 57.8 cm³/mol. The fourth-order valence-electron chi connectivity index (χ4n) is 1.69. The molecule has 1 unspecified atom stereocenters. The van der Waals surface area contributed by atoms with Crippen LogP contribution in [-0.2, 0) is 19.1 Å². The van der Waals surface area contributed by atoms with E-state index in [1.54, 1.807) is 13.8 Å². The molecular formula is C12H18O4. The third-order valence-electron chi connectivity index (χ3n) is 2.76. The molecule has 0 bridgehead atoms. The van der Waals surface area contributed by atoms with Gasteiger partial charge in [0.25, 0.3) is 0 Å². The molecule has 4 nitrogen and oxygen atoms in total. The lowest BCUT2D eigenvalue weighted by Gasteiger charge is -2.19. The molecule has 1 rings (SSSR count). The summed E-state index contributed by atoms with van der Waals surface area (Å²) in [6, 6.07) is 0. The van der Waals surface area contributed by atoms with Crippen LogP contribution in [0.4, 0.5) is 0 Å². The molecule has 0 amide bonds. The summed E-state index contributed by atoms with van der Waals surface area (Å²) >= 11 is 0. The van der Waals surface area contributed by atoms with Gasteiger partial charge in [-0.1, -0.05) is 13.8 Å². The third kappa shape index (κ3) is 3.76. The van der Waals surface area contributed by atoms with Crippen molar-refractivity contribution in [2.24, 2.45) is 11.8 Å². The average molecular weight is 226 g/mol. The molecule has 1 fully saturated rings. The molecule has 4 heteroatoms. The van der Waals surface area contributed by atoms with E-state index in [4.69, 9.17) is 4.74 Å². The van der Waals surface area contributed by atoms with Gasteiger partial charge >= 0.3 is 5.97 Å². The third-order valence-corrected chi connectivity index (χ3v) is 2.76. The number of ether oxygens (including phenoxy) is 1. The van der Waals surface area contributed by atoms with Gasteiger partial charge in [0.1, 0.15) is 11.6 Å². The highest BCUT2D eigenvalue weighted by Gasteiger charge is 2.27. The van der Waals surface area contributed by atoms with Crippen molar-refractivity contribution in [3.63, 3.8) is 0 Å². The van der Waals surface area contributed by atoms with E-state index in [2.05, 4.69) is 0 Å². The summed E-state index contributed by atoms with van der Waals surface area (Å²) in [5, 5.41) is 0. The largest absolute Gasteiger partial charge is 0.465 e. The molecule has 0 N–H and O–H groups in total. The van der Waals surface area contributed by atoms with Crippen LogP contribution >= 0.6 is 0 Å². The number of esters is 1. The molecule has 1 saturated carbocycles. The fourth-order valence-corrected chi connectivity index (χ4v) is 1.69.